The van der Waals surface area contributed by atoms with Gasteiger partial charge in [-0.05, 0) is 46.5 Å². The number of guanidine groups is 1. The number of rotatable bonds is 5. The third-order valence-corrected chi connectivity index (χ3v) is 3.17. The lowest BCUT2D eigenvalue weighted by Crippen LogP contribution is -2.40. The first-order valence-corrected chi connectivity index (χ1v) is 7.85. The van der Waals surface area contributed by atoms with Crippen molar-refractivity contribution in [2.24, 2.45) is 10.7 Å². The molecule has 0 aliphatic carbocycles. The minimum Gasteiger partial charge on any atom is -0.444 e. The zero-order chi connectivity index (χ0) is 16.6. The molecular weight excluding hydrogens is 284 g/mol. The molecular formula is C15H28N4O3. The lowest BCUT2D eigenvalue weighted by atomic mass is 10.2. The first kappa shape index (κ1) is 18.3. The summed E-state index contributed by atoms with van der Waals surface area (Å²) in [5.74, 6) is 0.265. The molecule has 1 heterocycles. The third-order valence-electron chi connectivity index (χ3n) is 3.17. The Morgan fingerprint density at radius 2 is 1.86 bits per heavy atom. The molecule has 0 unspecified atom stereocenters. The van der Waals surface area contributed by atoms with Crippen molar-refractivity contribution >= 4 is 18.0 Å². The summed E-state index contributed by atoms with van der Waals surface area (Å²) in [5, 5.41) is 2.37. The van der Waals surface area contributed by atoms with Gasteiger partial charge in [0.1, 0.15) is 5.60 Å². The van der Waals surface area contributed by atoms with Crippen LogP contribution < -0.4 is 11.1 Å². The third kappa shape index (κ3) is 7.85. The Morgan fingerprint density at radius 1 is 1.23 bits per heavy atom. The van der Waals surface area contributed by atoms with Crippen LogP contribution in [0.15, 0.2) is 4.99 Å². The number of ether oxygens (including phenoxy) is 1. The fourth-order valence-corrected chi connectivity index (χ4v) is 2.16. The van der Waals surface area contributed by atoms with Gasteiger partial charge in [0.25, 0.3) is 0 Å². The molecule has 7 nitrogen and oxygen atoms in total. The summed E-state index contributed by atoms with van der Waals surface area (Å²) < 4.78 is 5.06. The van der Waals surface area contributed by atoms with E-state index < -0.39 is 11.7 Å². The first-order valence-electron chi connectivity index (χ1n) is 7.85. The lowest BCUT2D eigenvalue weighted by molar-refractivity contribution is -0.130. The molecule has 0 aromatic heterocycles. The lowest BCUT2D eigenvalue weighted by Gasteiger charge is -2.19. The van der Waals surface area contributed by atoms with Crippen LogP contribution in [0.2, 0.25) is 0 Å². The quantitative estimate of drug-likeness (QED) is 0.458. The Hall–Kier alpha value is -1.79. The van der Waals surface area contributed by atoms with Crippen molar-refractivity contribution in [1.29, 1.82) is 0 Å². The molecule has 2 amide bonds. The van der Waals surface area contributed by atoms with E-state index in [-0.39, 0.29) is 11.9 Å². The van der Waals surface area contributed by atoms with Crippen LogP contribution in [-0.2, 0) is 9.53 Å². The van der Waals surface area contributed by atoms with Crippen LogP contribution in [0.5, 0.6) is 0 Å². The second-order valence-corrected chi connectivity index (χ2v) is 6.44. The van der Waals surface area contributed by atoms with E-state index in [1.165, 1.54) is 0 Å². The van der Waals surface area contributed by atoms with E-state index >= 15 is 0 Å². The molecule has 0 bridgehead atoms. The number of aliphatic imine (C=N–C) groups is 1. The van der Waals surface area contributed by atoms with Crippen LogP contribution in [0.3, 0.4) is 0 Å². The van der Waals surface area contributed by atoms with Crippen LogP contribution in [0.4, 0.5) is 4.79 Å². The number of carbonyl (C=O) groups excluding carboxylic acids is 2. The van der Waals surface area contributed by atoms with Gasteiger partial charge in [0.15, 0.2) is 5.96 Å². The number of nitrogens with two attached hydrogens (primary N) is 1. The number of unbranched alkanes of at least 4 members (excludes halogenated alkanes) is 1. The number of amides is 2. The Balaban J connectivity index is 2.13. The van der Waals surface area contributed by atoms with Crippen LogP contribution in [0.25, 0.3) is 0 Å². The highest BCUT2D eigenvalue weighted by Gasteiger charge is 2.17. The van der Waals surface area contributed by atoms with Crippen molar-refractivity contribution in [3.63, 3.8) is 0 Å². The molecule has 0 radical (unpaired) electrons. The molecule has 1 rings (SSSR count). The predicted octanol–water partition coefficient (Wildman–Crippen LogP) is 1.62. The minimum absolute atomic E-state index is 0.0418. The summed E-state index contributed by atoms with van der Waals surface area (Å²) >= 11 is 0. The molecule has 1 saturated heterocycles. The first-order chi connectivity index (χ1) is 10.3. The van der Waals surface area contributed by atoms with Crippen LogP contribution >= 0.6 is 0 Å². The molecule has 126 valence electrons. The number of hydrogen-bond acceptors (Lipinski definition) is 4. The monoisotopic (exact) mass is 312 g/mol. The Bertz CT molecular complexity index is 410. The van der Waals surface area contributed by atoms with Crippen molar-refractivity contribution in [2.75, 3.05) is 19.6 Å². The number of nitrogens with one attached hydrogen (secondary N) is 1. The molecule has 0 atom stereocenters. The fraction of sp³-hybridized carbons (Fsp3) is 0.800. The zero-order valence-electron chi connectivity index (χ0n) is 13.9. The predicted molar refractivity (Wildman–Crippen MR) is 85.5 cm³/mol. The van der Waals surface area contributed by atoms with Crippen molar-refractivity contribution in [3.8, 4) is 0 Å². The van der Waals surface area contributed by atoms with Gasteiger partial charge in [0, 0.05) is 26.1 Å². The van der Waals surface area contributed by atoms with Gasteiger partial charge in [0.05, 0.1) is 0 Å². The zero-order valence-corrected chi connectivity index (χ0v) is 13.9. The smallest absolute Gasteiger partial charge is 0.414 e. The van der Waals surface area contributed by atoms with E-state index in [2.05, 4.69) is 10.3 Å². The normalized spacial score (nSPS) is 15.8. The topological polar surface area (TPSA) is 97.0 Å². The molecule has 7 heteroatoms. The Labute approximate surface area is 132 Å². The van der Waals surface area contributed by atoms with Gasteiger partial charge in [-0.3, -0.25) is 15.1 Å². The van der Waals surface area contributed by atoms with E-state index in [1.807, 2.05) is 4.90 Å². The number of carbonyl (C=O) groups is 2. The molecule has 1 aliphatic heterocycles. The summed E-state index contributed by atoms with van der Waals surface area (Å²) in [4.78, 5) is 29.2. The second-order valence-electron chi connectivity index (χ2n) is 6.44. The van der Waals surface area contributed by atoms with Gasteiger partial charge < -0.3 is 15.4 Å². The molecule has 3 N–H and O–H groups in total. The van der Waals surface area contributed by atoms with Gasteiger partial charge in [-0.2, -0.15) is 0 Å². The molecule has 0 aromatic rings. The van der Waals surface area contributed by atoms with Crippen LogP contribution in [-0.4, -0.2) is 48.1 Å². The number of nitrogens with zero attached hydrogens (tertiary/aromatic N) is 2. The van der Waals surface area contributed by atoms with E-state index in [0.717, 1.165) is 38.8 Å². The molecule has 1 fully saturated rings. The number of likely N-dealkylation sites (tertiary alicyclic amines) is 1. The minimum atomic E-state index is -0.613. The van der Waals surface area contributed by atoms with Gasteiger partial charge in [-0.25, -0.2) is 4.79 Å². The van der Waals surface area contributed by atoms with E-state index in [1.54, 1.807) is 20.8 Å². The van der Waals surface area contributed by atoms with Gasteiger partial charge >= 0.3 is 6.09 Å². The highest BCUT2D eigenvalue weighted by Crippen LogP contribution is 2.10. The molecule has 0 aromatic carbocycles. The summed E-state index contributed by atoms with van der Waals surface area (Å²) in [5.41, 5.74) is 5.03. The molecule has 22 heavy (non-hydrogen) atoms. The fourth-order valence-electron chi connectivity index (χ4n) is 2.16. The molecule has 0 spiro atoms. The van der Waals surface area contributed by atoms with Crippen molar-refractivity contribution < 1.29 is 14.3 Å². The van der Waals surface area contributed by atoms with Crippen molar-refractivity contribution in [3.05, 3.63) is 0 Å². The Kier molecular flexibility index (Phi) is 7.14. The Morgan fingerprint density at radius 3 is 2.45 bits per heavy atom. The van der Waals surface area contributed by atoms with Crippen molar-refractivity contribution in [2.45, 2.75) is 58.5 Å². The SMILES string of the molecule is CC(C)(C)OC(=O)NC(N)=NCCCCC(=O)N1CCCC1. The van der Waals surface area contributed by atoms with E-state index in [0.29, 0.717) is 13.0 Å². The standard InChI is InChI=1S/C15H28N4O3/c1-15(2,3)22-14(21)18-13(16)17-9-5-4-8-12(20)19-10-6-7-11-19/h4-11H2,1-3H3,(H3,16,17,18,21). The highest BCUT2D eigenvalue weighted by molar-refractivity contribution is 5.92. The van der Waals surface area contributed by atoms with Crippen LogP contribution in [0.1, 0.15) is 52.9 Å². The molecule has 0 saturated carbocycles. The van der Waals surface area contributed by atoms with Crippen LogP contribution in [0, 0.1) is 0 Å². The van der Waals surface area contributed by atoms with E-state index in [9.17, 15) is 9.59 Å². The summed E-state index contributed by atoms with van der Waals surface area (Å²) in [6.07, 6.45) is 3.70. The second kappa shape index (κ2) is 8.60. The van der Waals surface area contributed by atoms with Gasteiger partial charge in [0.2, 0.25) is 5.91 Å². The highest BCUT2D eigenvalue weighted by atomic mass is 16.6. The number of hydrogen-bond donors (Lipinski definition) is 2. The van der Waals surface area contributed by atoms with E-state index in [4.69, 9.17) is 10.5 Å². The largest absolute Gasteiger partial charge is 0.444 e. The maximum absolute atomic E-state index is 11.8. The van der Waals surface area contributed by atoms with Gasteiger partial charge in [-0.15, -0.1) is 0 Å². The summed E-state index contributed by atoms with van der Waals surface area (Å²) in [7, 11) is 0. The average molecular weight is 312 g/mol. The average Bonchev–Trinajstić information content (AvgIpc) is 2.89. The maximum Gasteiger partial charge on any atom is 0.414 e. The van der Waals surface area contributed by atoms with Crippen molar-refractivity contribution in [1.82, 2.24) is 10.2 Å². The summed E-state index contributed by atoms with van der Waals surface area (Å²) in [6.45, 7) is 7.59. The van der Waals surface area contributed by atoms with Gasteiger partial charge in [-0.1, -0.05) is 0 Å². The summed E-state index contributed by atoms with van der Waals surface area (Å²) in [6, 6.07) is 0. The molecule has 1 aliphatic rings. The maximum atomic E-state index is 11.8. The number of alkyl carbamates (subject to hydrolysis) is 1.